The van der Waals surface area contributed by atoms with Crippen molar-refractivity contribution in [2.24, 2.45) is 5.73 Å². The Morgan fingerprint density at radius 2 is 2.12 bits per heavy atom. The molecule has 8 nitrogen and oxygen atoms in total. The molecule has 1 aliphatic heterocycles. The molecule has 1 amide bonds. The maximum Gasteiger partial charge on any atom is 0.273 e. The van der Waals surface area contributed by atoms with Crippen LogP contribution in [0, 0.1) is 0 Å². The van der Waals surface area contributed by atoms with Gasteiger partial charge in [-0.2, -0.15) is 0 Å². The fraction of sp³-hybridized carbons (Fsp3) is 0.333. The molecule has 3 N–H and O–H groups in total. The van der Waals surface area contributed by atoms with E-state index in [4.69, 9.17) is 10.3 Å². The molecule has 3 rings (SSSR count). The second-order valence-electron chi connectivity index (χ2n) is 5.46. The summed E-state index contributed by atoms with van der Waals surface area (Å²) >= 11 is 0. The summed E-state index contributed by atoms with van der Waals surface area (Å²) in [6.45, 7) is 0.562. The fourth-order valence-electron chi connectivity index (χ4n) is 2.61. The van der Waals surface area contributed by atoms with Gasteiger partial charge in [0, 0.05) is 19.2 Å². The Hall–Kier alpha value is -2.39. The molecular formula is C15H18N4O4S. The Kier molecular flexibility index (Phi) is 4.54. The first-order chi connectivity index (χ1) is 11.5. The van der Waals surface area contributed by atoms with Gasteiger partial charge in [-0.05, 0) is 18.6 Å². The van der Waals surface area contributed by atoms with Gasteiger partial charge in [0.1, 0.15) is 0 Å². The van der Waals surface area contributed by atoms with E-state index in [1.54, 1.807) is 24.3 Å². The van der Waals surface area contributed by atoms with Gasteiger partial charge in [-0.3, -0.25) is 9.10 Å². The van der Waals surface area contributed by atoms with Crippen LogP contribution in [0.4, 0.5) is 5.69 Å². The highest BCUT2D eigenvalue weighted by Crippen LogP contribution is 2.28. The number of nitrogens with one attached hydrogen (secondary N) is 1. The van der Waals surface area contributed by atoms with Gasteiger partial charge in [0.05, 0.1) is 17.5 Å². The van der Waals surface area contributed by atoms with Crippen LogP contribution >= 0.6 is 0 Å². The maximum absolute atomic E-state index is 12.6. The highest BCUT2D eigenvalue weighted by atomic mass is 32.2. The molecule has 0 bridgehead atoms. The van der Waals surface area contributed by atoms with Crippen molar-refractivity contribution in [1.29, 1.82) is 0 Å². The molecule has 1 unspecified atom stereocenters. The number of carbonyl (C=O) groups is 1. The van der Waals surface area contributed by atoms with Gasteiger partial charge in [0.2, 0.25) is 10.0 Å². The molecular weight excluding hydrogens is 332 g/mol. The summed E-state index contributed by atoms with van der Waals surface area (Å²) in [5.41, 5.74) is 6.12. The first-order valence-electron chi connectivity index (χ1n) is 7.53. The number of benzene rings is 1. The molecule has 2 aromatic rings. The molecule has 0 aliphatic carbocycles. The maximum atomic E-state index is 12.6. The SMILES string of the molecule is NCc1cc(C(=O)NCC2CCN(c3ccccc3)S2(=O)=O)no1. The van der Waals surface area contributed by atoms with Crippen molar-refractivity contribution in [2.45, 2.75) is 18.2 Å². The summed E-state index contributed by atoms with van der Waals surface area (Å²) in [7, 11) is -3.50. The summed E-state index contributed by atoms with van der Waals surface area (Å²) < 4.78 is 31.5. The van der Waals surface area contributed by atoms with E-state index in [2.05, 4.69) is 10.5 Å². The van der Waals surface area contributed by atoms with Crippen LogP contribution in [0.3, 0.4) is 0 Å². The van der Waals surface area contributed by atoms with Gasteiger partial charge in [-0.15, -0.1) is 0 Å². The third-order valence-electron chi connectivity index (χ3n) is 3.91. The standard InChI is InChI=1S/C15H18N4O4S/c16-9-12-8-14(18-23-12)15(20)17-10-13-6-7-19(24(13,21)22)11-4-2-1-3-5-11/h1-5,8,13H,6-7,9-10,16H2,(H,17,20). The van der Waals surface area contributed by atoms with Gasteiger partial charge in [0.15, 0.2) is 11.5 Å². The molecule has 1 saturated heterocycles. The van der Waals surface area contributed by atoms with Gasteiger partial charge in [-0.25, -0.2) is 8.42 Å². The lowest BCUT2D eigenvalue weighted by Crippen LogP contribution is -2.37. The Morgan fingerprint density at radius 3 is 2.79 bits per heavy atom. The van der Waals surface area contributed by atoms with Crippen molar-refractivity contribution < 1.29 is 17.7 Å². The molecule has 1 aliphatic rings. The lowest BCUT2D eigenvalue weighted by Gasteiger charge is -2.19. The normalized spacial score (nSPS) is 19.4. The molecule has 0 spiro atoms. The van der Waals surface area contributed by atoms with Crippen molar-refractivity contribution in [3.05, 3.63) is 47.9 Å². The average Bonchev–Trinajstić information content (AvgIpc) is 3.17. The number of nitrogens with two attached hydrogens (primary N) is 1. The zero-order valence-electron chi connectivity index (χ0n) is 12.9. The molecule has 1 aromatic carbocycles. The minimum absolute atomic E-state index is 0.0231. The van der Waals surface area contributed by atoms with Gasteiger partial charge in [0.25, 0.3) is 5.91 Å². The summed E-state index contributed by atoms with van der Waals surface area (Å²) in [6, 6.07) is 10.4. The number of carbonyl (C=O) groups excluding carboxylic acids is 1. The molecule has 2 heterocycles. The van der Waals surface area contributed by atoms with Crippen molar-refractivity contribution >= 4 is 21.6 Å². The van der Waals surface area contributed by atoms with Crippen LogP contribution in [0.25, 0.3) is 0 Å². The van der Waals surface area contributed by atoms with Gasteiger partial charge >= 0.3 is 0 Å². The van der Waals surface area contributed by atoms with Crippen LogP contribution in [0.15, 0.2) is 40.9 Å². The predicted molar refractivity (Wildman–Crippen MR) is 87.8 cm³/mol. The Morgan fingerprint density at radius 1 is 1.38 bits per heavy atom. The van der Waals surface area contributed by atoms with Crippen molar-refractivity contribution in [3.8, 4) is 0 Å². The molecule has 0 radical (unpaired) electrons. The fourth-order valence-corrected chi connectivity index (χ4v) is 4.44. The quantitative estimate of drug-likeness (QED) is 0.809. The lowest BCUT2D eigenvalue weighted by atomic mass is 10.2. The van der Waals surface area contributed by atoms with E-state index in [-0.39, 0.29) is 18.8 Å². The highest BCUT2D eigenvalue weighted by Gasteiger charge is 2.39. The highest BCUT2D eigenvalue weighted by molar-refractivity contribution is 7.93. The lowest BCUT2D eigenvalue weighted by molar-refractivity contribution is 0.0944. The number of hydrogen-bond donors (Lipinski definition) is 2. The number of nitrogens with zero attached hydrogens (tertiary/aromatic N) is 2. The monoisotopic (exact) mass is 350 g/mol. The zero-order chi connectivity index (χ0) is 17.2. The molecule has 1 atom stereocenters. The molecule has 0 saturated carbocycles. The molecule has 24 heavy (non-hydrogen) atoms. The number of anilines is 1. The first-order valence-corrected chi connectivity index (χ1v) is 9.03. The van der Waals surface area contributed by atoms with Crippen LogP contribution in [0.5, 0.6) is 0 Å². The van der Waals surface area contributed by atoms with E-state index in [0.29, 0.717) is 24.4 Å². The third kappa shape index (κ3) is 3.13. The third-order valence-corrected chi connectivity index (χ3v) is 6.16. The molecule has 1 fully saturated rings. The van der Waals surface area contributed by atoms with Crippen molar-refractivity contribution in [3.63, 3.8) is 0 Å². The summed E-state index contributed by atoms with van der Waals surface area (Å²) in [4.78, 5) is 12.0. The van der Waals surface area contributed by atoms with Gasteiger partial charge < -0.3 is 15.6 Å². The number of amides is 1. The van der Waals surface area contributed by atoms with Crippen molar-refractivity contribution in [1.82, 2.24) is 10.5 Å². The molecule has 128 valence electrons. The van der Waals surface area contributed by atoms with Crippen LogP contribution in [-0.2, 0) is 16.6 Å². The second-order valence-corrected chi connectivity index (χ2v) is 7.59. The number of para-hydroxylation sites is 1. The number of rotatable bonds is 5. The van der Waals surface area contributed by atoms with Crippen LogP contribution in [-0.4, -0.2) is 37.8 Å². The number of hydrogen-bond acceptors (Lipinski definition) is 6. The Labute approximate surface area is 139 Å². The Balaban J connectivity index is 1.65. The minimum atomic E-state index is -3.50. The average molecular weight is 350 g/mol. The van der Waals surface area contributed by atoms with E-state index in [0.717, 1.165) is 0 Å². The van der Waals surface area contributed by atoms with E-state index >= 15 is 0 Å². The van der Waals surface area contributed by atoms with E-state index in [1.807, 2.05) is 6.07 Å². The molecule has 1 aromatic heterocycles. The minimum Gasteiger partial charge on any atom is -0.359 e. The van der Waals surface area contributed by atoms with Crippen LogP contribution in [0.1, 0.15) is 22.7 Å². The smallest absolute Gasteiger partial charge is 0.273 e. The van der Waals surface area contributed by atoms with Gasteiger partial charge in [-0.1, -0.05) is 23.4 Å². The summed E-state index contributed by atoms with van der Waals surface area (Å²) in [5, 5.41) is 5.54. The van der Waals surface area contributed by atoms with E-state index < -0.39 is 21.2 Å². The number of sulfonamides is 1. The zero-order valence-corrected chi connectivity index (χ0v) is 13.7. The first kappa shape index (κ1) is 16.5. The topological polar surface area (TPSA) is 119 Å². The van der Waals surface area contributed by atoms with E-state index in [9.17, 15) is 13.2 Å². The van der Waals surface area contributed by atoms with Crippen molar-refractivity contribution in [2.75, 3.05) is 17.4 Å². The van der Waals surface area contributed by atoms with Crippen LogP contribution < -0.4 is 15.4 Å². The Bertz CT molecular complexity index is 819. The summed E-state index contributed by atoms with van der Waals surface area (Å²) in [6.07, 6.45) is 0.449. The molecule has 9 heteroatoms. The summed E-state index contributed by atoms with van der Waals surface area (Å²) in [5.74, 6) is -0.0873. The second kappa shape index (κ2) is 6.62. The predicted octanol–water partition coefficient (Wildman–Crippen LogP) is 0.472. The van der Waals surface area contributed by atoms with Crippen LogP contribution in [0.2, 0.25) is 0 Å². The number of aromatic nitrogens is 1. The van der Waals surface area contributed by atoms with E-state index in [1.165, 1.54) is 10.4 Å². The largest absolute Gasteiger partial charge is 0.359 e.